The smallest absolute Gasteiger partial charge is 0.273 e. The molecule has 1 aliphatic carbocycles. The average Bonchev–Trinajstić information content (AvgIpc) is 3.36. The van der Waals surface area contributed by atoms with E-state index >= 15 is 4.39 Å². The van der Waals surface area contributed by atoms with Gasteiger partial charge >= 0.3 is 0 Å². The number of pyridine rings is 1. The van der Waals surface area contributed by atoms with Crippen molar-refractivity contribution in [3.63, 3.8) is 0 Å². The quantitative estimate of drug-likeness (QED) is 0.447. The molecule has 12 heteroatoms. The standard InChI is InChI=1S/C22H20Cl2FN5O3S/c1-3-33-19-14(7-13(23)8-15(19)24)12-6-16(25)18(26-9-12)11(2)27-21(32)22(4-5-22)28-20(31)17-10-34-30-29-17/h6-11H,3-5H2,1-2H3,(H,27,32)(H,28,31)/t11-/m1/s1. The average molecular weight is 524 g/mol. The number of carbonyl (C=O) groups excluding carboxylic acids is 2. The fourth-order valence-electron chi connectivity index (χ4n) is 3.46. The van der Waals surface area contributed by atoms with Crippen molar-refractivity contribution < 1.29 is 18.7 Å². The highest BCUT2D eigenvalue weighted by molar-refractivity contribution is 7.03. The van der Waals surface area contributed by atoms with Crippen molar-refractivity contribution in [1.29, 1.82) is 0 Å². The highest BCUT2D eigenvalue weighted by Crippen LogP contribution is 2.40. The minimum absolute atomic E-state index is 0.0500. The topological polar surface area (TPSA) is 106 Å². The first-order chi connectivity index (χ1) is 16.2. The van der Waals surface area contributed by atoms with Gasteiger partial charge < -0.3 is 15.4 Å². The summed E-state index contributed by atoms with van der Waals surface area (Å²) in [6.07, 6.45) is 2.41. The number of amides is 2. The molecule has 0 saturated heterocycles. The number of aromatic nitrogens is 3. The first-order valence-electron chi connectivity index (χ1n) is 10.4. The van der Waals surface area contributed by atoms with Gasteiger partial charge in [-0.1, -0.05) is 27.7 Å². The van der Waals surface area contributed by atoms with E-state index in [2.05, 4.69) is 25.2 Å². The van der Waals surface area contributed by atoms with E-state index in [-0.39, 0.29) is 11.4 Å². The summed E-state index contributed by atoms with van der Waals surface area (Å²) in [6, 6.07) is 3.72. The van der Waals surface area contributed by atoms with E-state index in [1.807, 2.05) is 6.92 Å². The van der Waals surface area contributed by atoms with Gasteiger partial charge in [-0.2, -0.15) is 0 Å². The van der Waals surface area contributed by atoms with Crippen LogP contribution in [0.4, 0.5) is 4.39 Å². The molecule has 2 N–H and O–H groups in total. The highest BCUT2D eigenvalue weighted by atomic mass is 35.5. The van der Waals surface area contributed by atoms with Crippen molar-refractivity contribution in [2.75, 3.05) is 6.61 Å². The third-order valence-electron chi connectivity index (χ3n) is 5.37. The maximum atomic E-state index is 15.1. The molecule has 3 aromatic rings. The van der Waals surface area contributed by atoms with E-state index in [4.69, 9.17) is 27.9 Å². The molecule has 0 aliphatic heterocycles. The van der Waals surface area contributed by atoms with Gasteiger partial charge in [0.2, 0.25) is 5.91 Å². The molecule has 0 spiro atoms. The molecular weight excluding hydrogens is 504 g/mol. The molecule has 4 rings (SSSR count). The van der Waals surface area contributed by atoms with Crippen LogP contribution in [-0.4, -0.2) is 38.5 Å². The summed E-state index contributed by atoms with van der Waals surface area (Å²) in [5.41, 5.74) is 0.0811. The van der Waals surface area contributed by atoms with Gasteiger partial charge in [0.25, 0.3) is 5.91 Å². The lowest BCUT2D eigenvalue weighted by Crippen LogP contribution is -2.49. The Morgan fingerprint density at radius 2 is 2.06 bits per heavy atom. The molecule has 1 saturated carbocycles. The zero-order chi connectivity index (χ0) is 24.5. The summed E-state index contributed by atoms with van der Waals surface area (Å²) in [5.74, 6) is -1.13. The summed E-state index contributed by atoms with van der Waals surface area (Å²) in [6.45, 7) is 3.79. The van der Waals surface area contributed by atoms with Gasteiger partial charge in [-0.3, -0.25) is 14.6 Å². The van der Waals surface area contributed by atoms with Crippen LogP contribution in [0.15, 0.2) is 29.8 Å². The van der Waals surface area contributed by atoms with Crippen LogP contribution < -0.4 is 15.4 Å². The molecule has 2 aromatic heterocycles. The summed E-state index contributed by atoms with van der Waals surface area (Å²) in [7, 11) is 0. The van der Waals surface area contributed by atoms with Crippen LogP contribution in [0.2, 0.25) is 10.0 Å². The molecule has 1 aromatic carbocycles. The fraction of sp³-hybridized carbons (Fsp3) is 0.318. The van der Waals surface area contributed by atoms with Crippen molar-refractivity contribution >= 4 is 46.5 Å². The number of carbonyl (C=O) groups is 2. The molecule has 178 valence electrons. The third-order valence-corrected chi connectivity index (χ3v) is 6.37. The van der Waals surface area contributed by atoms with Crippen LogP contribution >= 0.6 is 34.7 Å². The van der Waals surface area contributed by atoms with Crippen molar-refractivity contribution in [3.05, 3.63) is 57.0 Å². The molecular formula is C22H20Cl2FN5O3S. The molecule has 1 aliphatic rings. The maximum absolute atomic E-state index is 15.1. The molecule has 2 amide bonds. The third kappa shape index (κ3) is 4.98. The number of nitrogens with zero attached hydrogens (tertiary/aromatic N) is 3. The minimum Gasteiger partial charge on any atom is -0.492 e. The minimum atomic E-state index is -1.05. The molecule has 0 bridgehead atoms. The van der Waals surface area contributed by atoms with E-state index in [1.165, 1.54) is 17.6 Å². The van der Waals surface area contributed by atoms with Crippen LogP contribution in [0, 0.1) is 5.82 Å². The van der Waals surface area contributed by atoms with E-state index in [1.54, 1.807) is 19.1 Å². The second kappa shape index (κ2) is 9.81. The van der Waals surface area contributed by atoms with E-state index in [9.17, 15) is 9.59 Å². The van der Waals surface area contributed by atoms with Crippen molar-refractivity contribution in [3.8, 4) is 16.9 Å². The van der Waals surface area contributed by atoms with Gasteiger partial charge in [-0.15, -0.1) is 5.10 Å². The molecule has 2 heterocycles. The van der Waals surface area contributed by atoms with Gasteiger partial charge in [0.05, 0.1) is 23.4 Å². The molecule has 0 unspecified atom stereocenters. The molecule has 34 heavy (non-hydrogen) atoms. The Morgan fingerprint density at radius 1 is 1.29 bits per heavy atom. The fourth-order valence-corrected chi connectivity index (χ4v) is 4.45. The molecule has 1 fully saturated rings. The normalized spacial score (nSPS) is 14.9. The second-order valence-corrected chi connectivity index (χ2v) is 9.26. The highest BCUT2D eigenvalue weighted by Gasteiger charge is 2.51. The second-order valence-electron chi connectivity index (χ2n) is 7.81. The number of benzene rings is 1. The van der Waals surface area contributed by atoms with Gasteiger partial charge in [0.1, 0.15) is 17.1 Å². The van der Waals surface area contributed by atoms with Crippen LogP contribution in [-0.2, 0) is 4.79 Å². The Labute approximate surface area is 209 Å². The lowest BCUT2D eigenvalue weighted by molar-refractivity contribution is -0.124. The number of rotatable bonds is 8. The lowest BCUT2D eigenvalue weighted by Gasteiger charge is -2.21. The SMILES string of the molecule is CCOc1c(Cl)cc(Cl)cc1-c1cnc([C@@H](C)NC(=O)C2(NC(=O)c3csnn3)CC2)c(F)c1. The molecule has 0 radical (unpaired) electrons. The number of hydrogen-bond acceptors (Lipinski definition) is 7. The van der Waals surface area contributed by atoms with Gasteiger partial charge in [-0.25, -0.2) is 4.39 Å². The monoisotopic (exact) mass is 523 g/mol. The Balaban J connectivity index is 1.50. The first-order valence-corrected chi connectivity index (χ1v) is 12.0. The summed E-state index contributed by atoms with van der Waals surface area (Å²) in [5, 5.41) is 11.3. The largest absolute Gasteiger partial charge is 0.492 e. The van der Waals surface area contributed by atoms with Crippen LogP contribution in [0.3, 0.4) is 0 Å². The Bertz CT molecular complexity index is 1240. The van der Waals surface area contributed by atoms with Crippen molar-refractivity contribution in [1.82, 2.24) is 25.2 Å². The van der Waals surface area contributed by atoms with Crippen molar-refractivity contribution in [2.45, 2.75) is 38.3 Å². The van der Waals surface area contributed by atoms with Gasteiger partial charge in [0.15, 0.2) is 5.69 Å². The van der Waals surface area contributed by atoms with Crippen LogP contribution in [0.5, 0.6) is 5.75 Å². The maximum Gasteiger partial charge on any atom is 0.273 e. The molecule has 8 nitrogen and oxygen atoms in total. The number of nitrogens with one attached hydrogen (secondary N) is 2. The Hall–Kier alpha value is -2.82. The number of hydrogen-bond donors (Lipinski definition) is 2. The Kier molecular flexibility index (Phi) is 7.01. The first kappa shape index (κ1) is 24.3. The zero-order valence-corrected chi connectivity index (χ0v) is 20.5. The summed E-state index contributed by atoms with van der Waals surface area (Å²) < 4.78 is 24.3. The van der Waals surface area contributed by atoms with E-state index in [0.29, 0.717) is 46.4 Å². The predicted octanol–water partition coefficient (Wildman–Crippen LogP) is 4.58. The van der Waals surface area contributed by atoms with Crippen molar-refractivity contribution in [2.24, 2.45) is 0 Å². The van der Waals surface area contributed by atoms with Crippen LogP contribution in [0.25, 0.3) is 11.1 Å². The number of halogens is 3. The van der Waals surface area contributed by atoms with Gasteiger partial charge in [0, 0.05) is 27.7 Å². The van der Waals surface area contributed by atoms with Crippen LogP contribution in [0.1, 0.15) is 48.9 Å². The Morgan fingerprint density at radius 3 is 2.68 bits per heavy atom. The molecule has 1 atom stereocenters. The van der Waals surface area contributed by atoms with E-state index < -0.39 is 29.2 Å². The van der Waals surface area contributed by atoms with E-state index in [0.717, 1.165) is 11.5 Å². The zero-order valence-electron chi connectivity index (χ0n) is 18.2. The summed E-state index contributed by atoms with van der Waals surface area (Å²) in [4.78, 5) is 29.4. The summed E-state index contributed by atoms with van der Waals surface area (Å²) >= 11 is 13.4. The lowest BCUT2D eigenvalue weighted by atomic mass is 10.0. The number of ether oxygens (including phenoxy) is 1. The predicted molar refractivity (Wildman–Crippen MR) is 127 cm³/mol. The van der Waals surface area contributed by atoms with Gasteiger partial charge in [-0.05, 0) is 56.4 Å².